The third-order valence-corrected chi connectivity index (χ3v) is 5.45. The van der Waals surface area contributed by atoms with Crippen molar-refractivity contribution in [2.45, 2.75) is 44.6 Å². The van der Waals surface area contributed by atoms with Gasteiger partial charge in [0.15, 0.2) is 0 Å². The molecule has 0 radical (unpaired) electrons. The molecular weight excluding hydrogens is 300 g/mol. The van der Waals surface area contributed by atoms with Gasteiger partial charge in [0.25, 0.3) is 0 Å². The first-order chi connectivity index (χ1) is 10.2. The van der Waals surface area contributed by atoms with Crippen molar-refractivity contribution in [2.75, 3.05) is 11.9 Å². The Morgan fingerprint density at radius 2 is 1.76 bits per heavy atom. The van der Waals surface area contributed by atoms with Gasteiger partial charge in [-0.25, -0.2) is 4.98 Å². The first-order valence-corrected chi connectivity index (χ1v) is 8.94. The van der Waals surface area contributed by atoms with Gasteiger partial charge in [-0.3, -0.25) is 0 Å². The molecular formula is C17H21ClN2S. The number of hydrogen-bond donors (Lipinski definition) is 0. The highest BCUT2D eigenvalue weighted by atomic mass is 35.5. The van der Waals surface area contributed by atoms with Crippen LogP contribution in [0.15, 0.2) is 29.6 Å². The average Bonchev–Trinajstić information content (AvgIpc) is 2.83. The first-order valence-electron chi connectivity index (χ1n) is 7.68. The van der Waals surface area contributed by atoms with Crippen molar-refractivity contribution in [2.24, 2.45) is 0 Å². The Morgan fingerprint density at radius 1 is 1.10 bits per heavy atom. The SMILES string of the molecule is CN(c1csc(-c2ccc(Cl)cc2)n1)C1CCCCCC1. The van der Waals surface area contributed by atoms with E-state index in [4.69, 9.17) is 16.6 Å². The summed E-state index contributed by atoms with van der Waals surface area (Å²) in [7, 11) is 2.19. The Hall–Kier alpha value is -1.06. The fourth-order valence-corrected chi connectivity index (χ4v) is 3.96. The number of halogens is 1. The predicted octanol–water partition coefficient (Wildman–Crippen LogP) is 5.62. The van der Waals surface area contributed by atoms with Gasteiger partial charge in [-0.2, -0.15) is 0 Å². The average molecular weight is 321 g/mol. The molecule has 1 saturated carbocycles. The minimum Gasteiger partial charge on any atom is -0.356 e. The minimum absolute atomic E-state index is 0.646. The quantitative estimate of drug-likeness (QED) is 0.682. The zero-order chi connectivity index (χ0) is 14.7. The zero-order valence-electron chi connectivity index (χ0n) is 12.4. The Labute approximate surface area is 135 Å². The van der Waals surface area contributed by atoms with E-state index in [1.165, 1.54) is 38.5 Å². The highest BCUT2D eigenvalue weighted by Gasteiger charge is 2.19. The lowest BCUT2D eigenvalue weighted by molar-refractivity contribution is 0.550. The van der Waals surface area contributed by atoms with Crippen molar-refractivity contribution >= 4 is 28.8 Å². The number of anilines is 1. The van der Waals surface area contributed by atoms with E-state index in [1.54, 1.807) is 11.3 Å². The molecule has 0 saturated heterocycles. The third kappa shape index (κ3) is 3.58. The van der Waals surface area contributed by atoms with E-state index < -0.39 is 0 Å². The second-order valence-electron chi connectivity index (χ2n) is 5.77. The Bertz CT molecular complexity index is 571. The molecule has 1 fully saturated rings. The lowest BCUT2D eigenvalue weighted by Crippen LogP contribution is -2.31. The number of aromatic nitrogens is 1. The fraction of sp³-hybridized carbons (Fsp3) is 0.471. The van der Waals surface area contributed by atoms with Gasteiger partial charge in [0.2, 0.25) is 0 Å². The second-order valence-corrected chi connectivity index (χ2v) is 7.07. The molecule has 0 unspecified atom stereocenters. The van der Waals surface area contributed by atoms with E-state index in [2.05, 4.69) is 17.3 Å². The normalized spacial score (nSPS) is 16.7. The summed E-state index contributed by atoms with van der Waals surface area (Å²) in [5.41, 5.74) is 1.14. The Balaban J connectivity index is 1.75. The molecule has 3 rings (SSSR count). The lowest BCUT2D eigenvalue weighted by atomic mass is 10.1. The maximum Gasteiger partial charge on any atom is 0.140 e. The molecule has 0 N–H and O–H groups in total. The van der Waals surface area contributed by atoms with Gasteiger partial charge in [-0.1, -0.05) is 49.4 Å². The van der Waals surface area contributed by atoms with Crippen molar-refractivity contribution in [3.63, 3.8) is 0 Å². The molecule has 1 aromatic heterocycles. The summed E-state index contributed by atoms with van der Waals surface area (Å²) in [5, 5.41) is 4.02. The van der Waals surface area contributed by atoms with Gasteiger partial charge >= 0.3 is 0 Å². The number of rotatable bonds is 3. The maximum atomic E-state index is 5.95. The van der Waals surface area contributed by atoms with Crippen molar-refractivity contribution in [3.05, 3.63) is 34.7 Å². The van der Waals surface area contributed by atoms with E-state index in [0.717, 1.165) is 21.4 Å². The van der Waals surface area contributed by atoms with Crippen molar-refractivity contribution in [1.29, 1.82) is 0 Å². The summed E-state index contributed by atoms with van der Waals surface area (Å²) >= 11 is 7.66. The van der Waals surface area contributed by atoms with Crippen LogP contribution in [-0.2, 0) is 0 Å². The monoisotopic (exact) mass is 320 g/mol. The van der Waals surface area contributed by atoms with E-state index in [-0.39, 0.29) is 0 Å². The molecule has 0 spiro atoms. The molecule has 0 amide bonds. The van der Waals surface area contributed by atoms with Crippen molar-refractivity contribution < 1.29 is 0 Å². The van der Waals surface area contributed by atoms with E-state index >= 15 is 0 Å². The summed E-state index contributed by atoms with van der Waals surface area (Å²) in [6.45, 7) is 0. The van der Waals surface area contributed by atoms with Gasteiger partial charge < -0.3 is 4.90 Å². The molecule has 1 heterocycles. The second kappa shape index (κ2) is 6.80. The van der Waals surface area contributed by atoms with Gasteiger partial charge in [0, 0.05) is 29.1 Å². The number of hydrogen-bond acceptors (Lipinski definition) is 3. The molecule has 4 heteroatoms. The van der Waals surface area contributed by atoms with Crippen LogP contribution in [-0.4, -0.2) is 18.1 Å². The molecule has 1 aliphatic rings. The van der Waals surface area contributed by atoms with Crippen molar-refractivity contribution in [3.8, 4) is 10.6 Å². The van der Waals surface area contributed by atoms with E-state index in [1.807, 2.05) is 24.3 Å². The van der Waals surface area contributed by atoms with Crippen LogP contribution in [0.4, 0.5) is 5.82 Å². The highest BCUT2D eigenvalue weighted by molar-refractivity contribution is 7.13. The third-order valence-electron chi connectivity index (χ3n) is 4.32. The summed E-state index contributed by atoms with van der Waals surface area (Å²) in [4.78, 5) is 7.19. The van der Waals surface area contributed by atoms with Gasteiger partial charge in [0.1, 0.15) is 10.8 Å². The smallest absolute Gasteiger partial charge is 0.140 e. The molecule has 2 nitrogen and oxygen atoms in total. The van der Waals surface area contributed by atoms with Crippen LogP contribution >= 0.6 is 22.9 Å². The van der Waals surface area contributed by atoms with Crippen LogP contribution in [0.25, 0.3) is 10.6 Å². The summed E-state index contributed by atoms with van der Waals surface area (Å²) in [6.07, 6.45) is 8.07. The molecule has 2 aromatic rings. The Kier molecular flexibility index (Phi) is 4.81. The van der Waals surface area contributed by atoms with Crippen LogP contribution in [0.5, 0.6) is 0 Å². The zero-order valence-corrected chi connectivity index (χ0v) is 14.0. The molecule has 0 bridgehead atoms. The van der Waals surface area contributed by atoms with Crippen LogP contribution in [0.3, 0.4) is 0 Å². The maximum absolute atomic E-state index is 5.95. The van der Waals surface area contributed by atoms with E-state index in [0.29, 0.717) is 6.04 Å². The molecule has 112 valence electrons. The van der Waals surface area contributed by atoms with Gasteiger partial charge in [-0.05, 0) is 25.0 Å². The largest absolute Gasteiger partial charge is 0.356 e. The highest BCUT2D eigenvalue weighted by Crippen LogP contribution is 2.31. The summed E-state index contributed by atoms with van der Waals surface area (Å²) in [5.74, 6) is 1.11. The van der Waals surface area contributed by atoms with Crippen LogP contribution in [0, 0.1) is 0 Å². The fourth-order valence-electron chi connectivity index (χ4n) is 2.98. The number of thiazole rings is 1. The Morgan fingerprint density at radius 3 is 2.43 bits per heavy atom. The number of benzene rings is 1. The lowest BCUT2D eigenvalue weighted by Gasteiger charge is -2.27. The van der Waals surface area contributed by atoms with Crippen LogP contribution < -0.4 is 4.90 Å². The predicted molar refractivity (Wildman–Crippen MR) is 92.5 cm³/mol. The van der Waals surface area contributed by atoms with Crippen molar-refractivity contribution in [1.82, 2.24) is 4.98 Å². The van der Waals surface area contributed by atoms with Gasteiger partial charge in [0.05, 0.1) is 0 Å². The molecule has 0 atom stereocenters. The minimum atomic E-state index is 0.646. The molecule has 21 heavy (non-hydrogen) atoms. The molecule has 0 aliphatic heterocycles. The van der Waals surface area contributed by atoms with Crippen LogP contribution in [0.1, 0.15) is 38.5 Å². The standard InChI is InChI=1S/C17H21ClN2S/c1-20(15-6-4-2-3-5-7-15)16-12-21-17(19-16)13-8-10-14(18)11-9-13/h8-12,15H,2-7H2,1H3. The molecule has 1 aliphatic carbocycles. The number of nitrogens with zero attached hydrogens (tertiary/aromatic N) is 2. The summed E-state index contributed by atoms with van der Waals surface area (Å²) in [6, 6.07) is 8.57. The van der Waals surface area contributed by atoms with E-state index in [9.17, 15) is 0 Å². The summed E-state index contributed by atoms with van der Waals surface area (Å²) < 4.78 is 0. The topological polar surface area (TPSA) is 16.1 Å². The van der Waals surface area contributed by atoms with Crippen LogP contribution in [0.2, 0.25) is 5.02 Å². The first kappa shape index (κ1) is 14.9. The molecule has 1 aromatic carbocycles. The van der Waals surface area contributed by atoms with Gasteiger partial charge in [-0.15, -0.1) is 11.3 Å².